The first kappa shape index (κ1) is 71.1. The second-order valence-corrected chi connectivity index (χ2v) is 23.9. The van der Waals surface area contributed by atoms with Crippen molar-refractivity contribution in [3.05, 3.63) is 264 Å². The molecule has 100 heavy (non-hydrogen) atoms. The minimum Gasteiger partial charge on any atom is -0.493 e. The van der Waals surface area contributed by atoms with Crippen LogP contribution in [-0.4, -0.2) is 78.7 Å². The summed E-state index contributed by atoms with van der Waals surface area (Å²) < 4.78 is 47.3. The van der Waals surface area contributed by atoms with Gasteiger partial charge >= 0.3 is 17.9 Å². The lowest BCUT2D eigenvalue weighted by Gasteiger charge is -2.15. The van der Waals surface area contributed by atoms with Gasteiger partial charge in [-0.3, -0.25) is 19.2 Å². The van der Waals surface area contributed by atoms with Crippen LogP contribution in [0, 0.1) is 13.8 Å². The summed E-state index contributed by atoms with van der Waals surface area (Å²) in [5.74, 6) is 3.98. The molecule has 6 aromatic carbocycles. The molecule has 0 unspecified atom stereocenters. The summed E-state index contributed by atoms with van der Waals surface area (Å²) in [6, 6.07) is 58.5. The van der Waals surface area contributed by atoms with Gasteiger partial charge in [0.2, 0.25) is 5.78 Å². The van der Waals surface area contributed by atoms with Crippen LogP contribution in [0.4, 0.5) is 0 Å². The van der Waals surface area contributed by atoms with E-state index in [1.165, 1.54) is 6.26 Å². The normalized spacial score (nSPS) is 10.9. The van der Waals surface area contributed by atoms with E-state index in [4.69, 9.17) is 51.8 Å². The number of furan rings is 3. The number of ketones is 1. The van der Waals surface area contributed by atoms with Gasteiger partial charge < -0.3 is 56.4 Å². The average molecular weight is 1350 g/mol. The number of nitrogens with zero attached hydrogens (tertiary/aromatic N) is 4. The molecule has 12 aromatic rings. The third-order valence-corrected chi connectivity index (χ3v) is 16.6. The molecular formula is C81H80N4O15. The molecule has 6 heterocycles. The van der Waals surface area contributed by atoms with Crippen LogP contribution in [0.1, 0.15) is 133 Å². The number of hydrogen-bond donors (Lipinski definition) is 3. The number of carbonyl (C=O) groups excluding carboxylic acids is 1. The van der Waals surface area contributed by atoms with Crippen LogP contribution in [0.3, 0.4) is 0 Å². The summed E-state index contributed by atoms with van der Waals surface area (Å²) in [6.07, 6.45) is 16.8. The zero-order valence-corrected chi connectivity index (χ0v) is 56.0. The molecule has 0 fully saturated rings. The van der Waals surface area contributed by atoms with E-state index in [0.29, 0.717) is 69.6 Å². The Kier molecular flexibility index (Phi) is 26.0. The van der Waals surface area contributed by atoms with Crippen molar-refractivity contribution < 1.29 is 71.0 Å². The minimum absolute atomic E-state index is 0.173. The number of carboxylic acid groups (broad SMARTS) is 3. The van der Waals surface area contributed by atoms with Crippen molar-refractivity contribution in [3.63, 3.8) is 0 Å². The number of aromatic nitrogens is 4. The van der Waals surface area contributed by atoms with E-state index in [1.54, 1.807) is 30.9 Å². The fourth-order valence-corrected chi connectivity index (χ4v) is 11.3. The van der Waals surface area contributed by atoms with E-state index in [2.05, 4.69) is 57.1 Å². The molecule has 0 aliphatic heterocycles. The van der Waals surface area contributed by atoms with Gasteiger partial charge in [-0.2, -0.15) is 0 Å². The number of aliphatic carboxylic acids is 3. The number of carbonyl (C=O) groups is 4. The van der Waals surface area contributed by atoms with Crippen molar-refractivity contribution in [1.29, 1.82) is 0 Å². The maximum Gasteiger partial charge on any atom is 0.303 e. The third kappa shape index (κ3) is 20.4. The molecule has 514 valence electrons. The predicted octanol–water partition coefficient (Wildman–Crippen LogP) is 18.5. The first-order chi connectivity index (χ1) is 48.8. The molecule has 0 saturated heterocycles. The lowest BCUT2D eigenvalue weighted by atomic mass is 9.98. The Hall–Kier alpha value is -11.7. The number of carboxylic acids is 3. The first-order valence-electron chi connectivity index (χ1n) is 33.5. The van der Waals surface area contributed by atoms with Gasteiger partial charge in [0.05, 0.1) is 50.8 Å². The molecule has 0 atom stereocenters. The molecule has 19 heteroatoms. The van der Waals surface area contributed by atoms with Crippen molar-refractivity contribution in [2.75, 3.05) is 19.8 Å². The molecule has 6 aromatic heterocycles. The zero-order chi connectivity index (χ0) is 69.8. The van der Waals surface area contributed by atoms with E-state index in [1.807, 2.05) is 153 Å². The molecular weight excluding hydrogens is 1270 g/mol. The molecule has 0 aliphatic rings. The predicted molar refractivity (Wildman–Crippen MR) is 377 cm³/mol. The number of hydrogen-bond acceptors (Lipinski definition) is 15. The first-order valence-corrected chi connectivity index (χ1v) is 33.5. The second-order valence-electron chi connectivity index (χ2n) is 23.9. The van der Waals surface area contributed by atoms with Crippen LogP contribution in [0.2, 0.25) is 0 Å². The Labute approximate surface area is 579 Å². The van der Waals surface area contributed by atoms with E-state index in [-0.39, 0.29) is 30.7 Å². The van der Waals surface area contributed by atoms with Gasteiger partial charge in [0.25, 0.3) is 0 Å². The molecule has 3 N–H and O–H groups in total. The van der Waals surface area contributed by atoms with E-state index >= 15 is 0 Å². The van der Waals surface area contributed by atoms with Crippen molar-refractivity contribution in [2.24, 2.45) is 0 Å². The van der Waals surface area contributed by atoms with Crippen molar-refractivity contribution in [1.82, 2.24) is 19.9 Å². The fraction of sp³-hybridized carbons (Fsp3) is 0.247. The van der Waals surface area contributed by atoms with E-state index in [0.717, 1.165) is 146 Å². The van der Waals surface area contributed by atoms with Gasteiger partial charge in [0, 0.05) is 94.1 Å². The van der Waals surface area contributed by atoms with Gasteiger partial charge in [-0.05, 0) is 137 Å². The minimum atomic E-state index is -0.779. The van der Waals surface area contributed by atoms with Crippen LogP contribution in [0.15, 0.2) is 236 Å². The monoisotopic (exact) mass is 1350 g/mol. The van der Waals surface area contributed by atoms with Crippen LogP contribution < -0.4 is 14.2 Å². The summed E-state index contributed by atoms with van der Waals surface area (Å²) >= 11 is 0. The number of rotatable bonds is 34. The number of unbranched alkanes of at least 4 members (excludes halogenated alkanes) is 6. The van der Waals surface area contributed by atoms with Gasteiger partial charge in [-0.15, -0.1) is 0 Å². The van der Waals surface area contributed by atoms with Gasteiger partial charge in [-0.25, -0.2) is 4.98 Å². The lowest BCUT2D eigenvalue weighted by molar-refractivity contribution is -0.138. The van der Waals surface area contributed by atoms with Crippen molar-refractivity contribution in [3.8, 4) is 73.7 Å². The Balaban J connectivity index is 0.000000162. The molecule has 19 nitrogen and oxygen atoms in total. The van der Waals surface area contributed by atoms with E-state index in [9.17, 15) is 19.2 Å². The number of ether oxygens (including phenoxy) is 3. The Morgan fingerprint density at radius 3 is 1.34 bits per heavy atom. The highest BCUT2D eigenvalue weighted by molar-refractivity contribution is 6.08. The summed E-state index contributed by atoms with van der Waals surface area (Å²) in [7, 11) is 0. The topological polar surface area (TPSA) is 266 Å². The average Bonchev–Trinajstić information content (AvgIpc) is 1.63. The maximum absolute atomic E-state index is 13.1. The number of benzene rings is 6. The standard InChI is InChI=1S/C27H28N2O4.C27H25NO6.C27H27NO5/c1-20-18-28-27(22-14-12-21(13-15-22)24-10-7-17-33-24)29(20)19-23-8-4-5-9-25(23)32-16-6-2-3-11-26(30)31;29-25(30)10-2-1-5-15-32-24-8-4-3-7-21(24)17-22-18-34-28-26(22)27(31)20-13-11-19(12-14-20)23-9-6-16-33-23;1-19-27(21-14-12-20(13-15-21)24-10-7-17-32-24)23(28-33-19)18-22-8-4-5-9-25(22)31-16-6-2-3-11-26(29)30/h4-5,7-10,12-15,17-18H,2-3,6,11,16,19H2,1H3,(H,30,31);3-4,6-9,11-14,16,18H,1-2,5,10,15,17H2,(H,29,30);4-5,7-10,12-15,17H,2-3,6,11,16,18H2,1H3,(H,29,30). The molecule has 0 amide bonds. The molecule has 0 saturated carbocycles. The summed E-state index contributed by atoms with van der Waals surface area (Å²) in [5, 5.41) is 34.5. The van der Waals surface area contributed by atoms with Crippen LogP contribution >= 0.6 is 0 Å². The number of imidazole rings is 1. The highest BCUT2D eigenvalue weighted by atomic mass is 16.5. The van der Waals surface area contributed by atoms with Crippen molar-refractivity contribution >= 4 is 23.7 Å². The number of aryl methyl sites for hydroxylation is 2. The summed E-state index contributed by atoms with van der Waals surface area (Å²) in [4.78, 5) is 49.6. The zero-order valence-electron chi connectivity index (χ0n) is 56.0. The fourth-order valence-electron chi connectivity index (χ4n) is 11.3. The van der Waals surface area contributed by atoms with Crippen LogP contribution in [0.5, 0.6) is 17.2 Å². The Morgan fingerprint density at radius 2 is 0.870 bits per heavy atom. The SMILES string of the molecule is Cc1cnc(-c2ccc(-c3ccco3)cc2)n1Cc1ccccc1OCCCCCC(=O)O.Cc1onc(Cc2ccccc2OCCCCCC(=O)O)c1-c1ccc(-c2ccco2)cc1.O=C(O)CCCCCOc1ccccc1Cc1conc1C(=O)c1ccc(-c2ccco2)cc1. The largest absolute Gasteiger partial charge is 0.493 e. The second kappa shape index (κ2) is 36.6. The summed E-state index contributed by atoms with van der Waals surface area (Å²) in [5.41, 5.74) is 12.4. The molecule has 0 aliphatic carbocycles. The Morgan fingerprint density at radius 1 is 0.440 bits per heavy atom. The van der Waals surface area contributed by atoms with Gasteiger partial charge in [0.1, 0.15) is 52.4 Å². The number of para-hydroxylation sites is 3. The maximum atomic E-state index is 13.1. The Bertz CT molecular complexity index is 4490. The molecule has 12 rings (SSSR count). The van der Waals surface area contributed by atoms with Gasteiger partial charge in [0.15, 0.2) is 5.69 Å². The third-order valence-electron chi connectivity index (χ3n) is 16.6. The van der Waals surface area contributed by atoms with Crippen LogP contribution in [0.25, 0.3) is 56.5 Å². The highest BCUT2D eigenvalue weighted by Gasteiger charge is 2.22. The van der Waals surface area contributed by atoms with Crippen molar-refractivity contribution in [2.45, 2.75) is 110 Å². The lowest BCUT2D eigenvalue weighted by Crippen LogP contribution is -2.07. The smallest absolute Gasteiger partial charge is 0.303 e. The van der Waals surface area contributed by atoms with Gasteiger partial charge in [-0.1, -0.05) is 138 Å². The molecule has 0 bridgehead atoms. The molecule has 0 radical (unpaired) electrons. The van der Waals surface area contributed by atoms with E-state index < -0.39 is 17.9 Å². The highest BCUT2D eigenvalue weighted by Crippen LogP contribution is 2.34. The van der Waals surface area contributed by atoms with Crippen LogP contribution in [-0.2, 0) is 33.8 Å². The summed E-state index contributed by atoms with van der Waals surface area (Å²) in [6.45, 7) is 6.24. The molecule has 0 spiro atoms. The quantitative estimate of drug-likeness (QED) is 0.0250.